The third-order valence-corrected chi connectivity index (χ3v) is 7.50. The van der Waals surface area contributed by atoms with Crippen molar-refractivity contribution in [2.75, 3.05) is 13.6 Å². The summed E-state index contributed by atoms with van der Waals surface area (Å²) in [5.74, 6) is 0. The van der Waals surface area contributed by atoms with Crippen molar-refractivity contribution < 1.29 is 0 Å². The van der Waals surface area contributed by atoms with Gasteiger partial charge in [-0.05, 0) is 74.7 Å². The van der Waals surface area contributed by atoms with Gasteiger partial charge in [0.25, 0.3) is 0 Å². The van der Waals surface area contributed by atoms with Crippen LogP contribution < -0.4 is 0 Å². The molecule has 2 aromatic rings. The molecule has 0 aromatic heterocycles. The van der Waals surface area contributed by atoms with Gasteiger partial charge in [-0.1, -0.05) is 51.1 Å². The van der Waals surface area contributed by atoms with Gasteiger partial charge in [-0.25, -0.2) is 0 Å². The fourth-order valence-corrected chi connectivity index (χ4v) is 5.12. The highest BCUT2D eigenvalue weighted by Gasteiger charge is 2.54. The zero-order valence-corrected chi connectivity index (χ0v) is 17.6. The van der Waals surface area contributed by atoms with E-state index in [9.17, 15) is 5.26 Å². The molecule has 2 aromatic carbocycles. The lowest BCUT2D eigenvalue weighted by Gasteiger charge is -2.58. The third-order valence-electron chi connectivity index (χ3n) is 7.50. The SMILES string of the molecule is CCc1ccc(C)c([C@@]2(C)CCN(C)C(C)[C@]2(C)c2cccc(C#N)c2)c1. The van der Waals surface area contributed by atoms with E-state index in [4.69, 9.17) is 0 Å². The molecule has 0 amide bonds. The van der Waals surface area contributed by atoms with Crippen LogP contribution in [0.5, 0.6) is 0 Å². The number of nitrogens with zero attached hydrogens (tertiary/aromatic N) is 2. The summed E-state index contributed by atoms with van der Waals surface area (Å²) in [5, 5.41) is 9.46. The van der Waals surface area contributed by atoms with Gasteiger partial charge in [0.05, 0.1) is 11.6 Å². The quantitative estimate of drug-likeness (QED) is 0.736. The van der Waals surface area contributed by atoms with Gasteiger partial charge < -0.3 is 4.90 Å². The van der Waals surface area contributed by atoms with Crippen molar-refractivity contribution >= 4 is 0 Å². The Kier molecular flexibility index (Phi) is 5.19. The minimum atomic E-state index is -0.0933. The van der Waals surface area contributed by atoms with Crippen LogP contribution in [0.4, 0.5) is 0 Å². The van der Waals surface area contributed by atoms with E-state index in [0.717, 1.165) is 24.9 Å². The summed E-state index contributed by atoms with van der Waals surface area (Å²) < 4.78 is 0. The molecule has 2 nitrogen and oxygen atoms in total. The zero-order valence-electron chi connectivity index (χ0n) is 17.6. The molecule has 27 heavy (non-hydrogen) atoms. The molecule has 1 aliphatic heterocycles. The fourth-order valence-electron chi connectivity index (χ4n) is 5.12. The van der Waals surface area contributed by atoms with Crippen LogP contribution in [0.3, 0.4) is 0 Å². The van der Waals surface area contributed by atoms with Crippen molar-refractivity contribution in [2.45, 2.75) is 64.3 Å². The number of likely N-dealkylation sites (N-methyl/N-ethyl adjacent to an activating group) is 1. The molecule has 0 N–H and O–H groups in total. The molecule has 3 rings (SSSR count). The number of aryl methyl sites for hydroxylation is 2. The largest absolute Gasteiger partial charge is 0.303 e. The summed E-state index contributed by atoms with van der Waals surface area (Å²) in [4.78, 5) is 2.47. The van der Waals surface area contributed by atoms with Gasteiger partial charge in [0, 0.05) is 16.9 Å². The van der Waals surface area contributed by atoms with Crippen molar-refractivity contribution in [3.63, 3.8) is 0 Å². The van der Waals surface area contributed by atoms with Gasteiger partial charge in [-0.15, -0.1) is 0 Å². The van der Waals surface area contributed by atoms with Crippen LogP contribution >= 0.6 is 0 Å². The monoisotopic (exact) mass is 360 g/mol. The van der Waals surface area contributed by atoms with Gasteiger partial charge in [0.2, 0.25) is 0 Å². The molecular formula is C25H32N2. The zero-order chi connectivity index (χ0) is 19.8. The van der Waals surface area contributed by atoms with Crippen molar-refractivity contribution in [1.82, 2.24) is 4.90 Å². The van der Waals surface area contributed by atoms with E-state index in [0.29, 0.717) is 6.04 Å². The first-order valence-electron chi connectivity index (χ1n) is 10.1. The van der Waals surface area contributed by atoms with Crippen LogP contribution in [0.25, 0.3) is 0 Å². The highest BCUT2D eigenvalue weighted by molar-refractivity contribution is 5.47. The average Bonchev–Trinajstić information content (AvgIpc) is 2.69. The van der Waals surface area contributed by atoms with Crippen molar-refractivity contribution in [3.05, 3.63) is 70.3 Å². The molecule has 142 valence electrons. The second kappa shape index (κ2) is 7.13. The van der Waals surface area contributed by atoms with Crippen LogP contribution in [-0.2, 0) is 17.3 Å². The second-order valence-corrected chi connectivity index (χ2v) is 8.64. The molecule has 1 aliphatic rings. The maximum atomic E-state index is 9.46. The number of nitriles is 1. The highest BCUT2D eigenvalue weighted by Crippen LogP contribution is 2.53. The van der Waals surface area contributed by atoms with Gasteiger partial charge in [-0.2, -0.15) is 5.26 Å². The van der Waals surface area contributed by atoms with Crippen molar-refractivity contribution in [3.8, 4) is 6.07 Å². The van der Waals surface area contributed by atoms with Crippen molar-refractivity contribution in [1.29, 1.82) is 5.26 Å². The van der Waals surface area contributed by atoms with E-state index in [1.54, 1.807) is 0 Å². The Bertz CT molecular complexity index is 878. The molecule has 0 bridgehead atoms. The molecule has 1 saturated heterocycles. The van der Waals surface area contributed by atoms with E-state index < -0.39 is 0 Å². The molecule has 1 heterocycles. The molecule has 0 aliphatic carbocycles. The fraction of sp³-hybridized carbons (Fsp3) is 0.480. The normalized spacial score (nSPS) is 28.7. The number of benzene rings is 2. The highest BCUT2D eigenvalue weighted by atomic mass is 15.2. The standard InChI is InChI=1S/C25H32N2/c1-7-20-12-11-18(2)23(16-20)24(4)13-14-27(6)19(3)25(24,5)22-10-8-9-21(15-22)17-26/h8-12,15-16,19H,7,13-14H2,1-6H3/t19?,24-,25-/m1/s1. The lowest BCUT2D eigenvalue weighted by atomic mass is 9.52. The molecule has 0 saturated carbocycles. The summed E-state index contributed by atoms with van der Waals surface area (Å²) in [5.41, 5.74) is 6.16. The molecule has 3 atom stereocenters. The van der Waals surface area contributed by atoms with E-state index in [1.165, 1.54) is 22.3 Å². The Balaban J connectivity index is 2.27. The molecule has 2 heteroatoms. The van der Waals surface area contributed by atoms with Gasteiger partial charge in [-0.3, -0.25) is 0 Å². The summed E-state index contributed by atoms with van der Waals surface area (Å²) in [6.07, 6.45) is 2.16. The summed E-state index contributed by atoms with van der Waals surface area (Å²) in [6.45, 7) is 12.7. The van der Waals surface area contributed by atoms with E-state index in [2.05, 4.69) is 83.0 Å². The van der Waals surface area contributed by atoms with Crippen LogP contribution in [0, 0.1) is 18.3 Å². The third kappa shape index (κ3) is 2.99. The number of hydrogen-bond acceptors (Lipinski definition) is 2. The minimum absolute atomic E-state index is 0.00225. The molecule has 0 radical (unpaired) electrons. The molecule has 1 fully saturated rings. The van der Waals surface area contributed by atoms with Crippen molar-refractivity contribution in [2.24, 2.45) is 0 Å². The van der Waals surface area contributed by atoms with Crippen LogP contribution in [0.2, 0.25) is 0 Å². The first-order valence-corrected chi connectivity index (χ1v) is 10.1. The number of likely N-dealkylation sites (tertiary alicyclic amines) is 1. The Morgan fingerprint density at radius 2 is 1.93 bits per heavy atom. The summed E-state index contributed by atoms with van der Waals surface area (Å²) in [7, 11) is 2.23. The molecular weight excluding hydrogens is 328 g/mol. The van der Waals surface area contributed by atoms with Crippen LogP contribution in [-0.4, -0.2) is 24.5 Å². The van der Waals surface area contributed by atoms with Crippen LogP contribution in [0.15, 0.2) is 42.5 Å². The van der Waals surface area contributed by atoms with Gasteiger partial charge in [0.15, 0.2) is 0 Å². The topological polar surface area (TPSA) is 27.0 Å². The van der Waals surface area contributed by atoms with E-state index in [-0.39, 0.29) is 10.8 Å². The Morgan fingerprint density at radius 3 is 2.59 bits per heavy atom. The average molecular weight is 361 g/mol. The Morgan fingerprint density at radius 1 is 1.19 bits per heavy atom. The summed E-state index contributed by atoms with van der Waals surface area (Å²) >= 11 is 0. The Hall–Kier alpha value is -2.11. The predicted octanol–water partition coefficient (Wildman–Crippen LogP) is 5.37. The number of hydrogen-bond donors (Lipinski definition) is 0. The Labute approximate surface area is 164 Å². The second-order valence-electron chi connectivity index (χ2n) is 8.64. The smallest absolute Gasteiger partial charge is 0.0991 e. The lowest BCUT2D eigenvalue weighted by molar-refractivity contribution is 0.0410. The predicted molar refractivity (Wildman–Crippen MR) is 113 cm³/mol. The number of rotatable bonds is 3. The molecule has 1 unspecified atom stereocenters. The maximum Gasteiger partial charge on any atom is 0.0991 e. The summed E-state index contributed by atoms with van der Waals surface area (Å²) in [6, 6.07) is 17.9. The van der Waals surface area contributed by atoms with Crippen LogP contribution in [0.1, 0.15) is 61.9 Å². The van der Waals surface area contributed by atoms with E-state index in [1.807, 2.05) is 12.1 Å². The van der Waals surface area contributed by atoms with Gasteiger partial charge >= 0.3 is 0 Å². The van der Waals surface area contributed by atoms with Gasteiger partial charge in [0.1, 0.15) is 0 Å². The molecule has 0 spiro atoms. The number of piperidine rings is 1. The first-order chi connectivity index (χ1) is 12.8. The van der Waals surface area contributed by atoms with E-state index >= 15 is 0 Å². The first kappa shape index (κ1) is 19.6. The maximum absolute atomic E-state index is 9.46. The lowest BCUT2D eigenvalue weighted by Crippen LogP contribution is -2.62. The minimum Gasteiger partial charge on any atom is -0.303 e.